The summed E-state index contributed by atoms with van der Waals surface area (Å²) in [7, 11) is 5.63. The number of hydrogen-bond donors (Lipinski definition) is 0. The highest BCUT2D eigenvalue weighted by Gasteiger charge is 2.32. The van der Waals surface area contributed by atoms with Crippen LogP contribution in [0.2, 0.25) is 0 Å². The van der Waals surface area contributed by atoms with E-state index < -0.39 is 0 Å². The van der Waals surface area contributed by atoms with Crippen molar-refractivity contribution in [1.29, 1.82) is 0 Å². The van der Waals surface area contributed by atoms with Crippen LogP contribution in [-0.4, -0.2) is 32.8 Å². The summed E-state index contributed by atoms with van der Waals surface area (Å²) in [5.74, 6) is 0.608. The van der Waals surface area contributed by atoms with E-state index in [9.17, 15) is 4.79 Å². The molecule has 0 bridgehead atoms. The fourth-order valence-corrected chi connectivity index (χ4v) is 3.29. The molecule has 0 radical (unpaired) electrons. The van der Waals surface area contributed by atoms with Crippen molar-refractivity contribution in [2.24, 2.45) is 5.10 Å². The van der Waals surface area contributed by atoms with Gasteiger partial charge in [0.1, 0.15) is 11.5 Å². The molecule has 1 aliphatic heterocycles. The molecule has 0 N–H and O–H groups in total. The van der Waals surface area contributed by atoms with Gasteiger partial charge in [0.05, 0.1) is 18.4 Å². The van der Waals surface area contributed by atoms with Crippen molar-refractivity contribution in [3.8, 4) is 5.75 Å². The summed E-state index contributed by atoms with van der Waals surface area (Å²) in [6.07, 6.45) is 1.90. The van der Waals surface area contributed by atoms with Crippen LogP contribution in [-0.2, 0) is 4.79 Å². The number of carbonyl (C=O) groups is 1. The highest BCUT2D eigenvalue weighted by Crippen LogP contribution is 2.28. The first-order chi connectivity index (χ1) is 14.6. The molecule has 3 aromatic rings. The molecule has 0 unspecified atom stereocenters. The number of hydrogen-bond acceptors (Lipinski definition) is 4. The Labute approximate surface area is 176 Å². The summed E-state index contributed by atoms with van der Waals surface area (Å²) < 4.78 is 5.26. The third-order valence-corrected chi connectivity index (χ3v) is 4.96. The Morgan fingerprint density at radius 1 is 0.900 bits per heavy atom. The van der Waals surface area contributed by atoms with E-state index in [1.165, 1.54) is 5.01 Å². The van der Waals surface area contributed by atoms with E-state index in [1.54, 1.807) is 7.11 Å². The van der Waals surface area contributed by atoms with Crippen LogP contribution in [0.15, 0.2) is 89.5 Å². The molecule has 0 saturated heterocycles. The van der Waals surface area contributed by atoms with E-state index in [1.807, 2.05) is 104 Å². The normalized spacial score (nSPS) is 14.8. The highest BCUT2D eigenvalue weighted by atomic mass is 16.5. The minimum atomic E-state index is -0.149. The Balaban J connectivity index is 1.77. The SMILES string of the molecule is COc1ccc(C2=NN(c3ccccc3)C(=O)C2=Cc2ccc(N(C)C)cc2)cc1. The number of para-hydroxylation sites is 1. The van der Waals surface area contributed by atoms with Gasteiger partial charge in [-0.15, -0.1) is 0 Å². The molecule has 0 spiro atoms. The van der Waals surface area contributed by atoms with Crippen LogP contribution in [0, 0.1) is 0 Å². The molecule has 3 aromatic carbocycles. The maximum atomic E-state index is 13.3. The van der Waals surface area contributed by atoms with Gasteiger partial charge >= 0.3 is 0 Å². The molecular weight excluding hydrogens is 374 g/mol. The third-order valence-electron chi connectivity index (χ3n) is 4.96. The Morgan fingerprint density at radius 2 is 1.57 bits per heavy atom. The zero-order valence-electron chi connectivity index (χ0n) is 17.2. The van der Waals surface area contributed by atoms with Gasteiger partial charge < -0.3 is 9.64 Å². The predicted octanol–water partition coefficient (Wildman–Crippen LogP) is 4.60. The summed E-state index contributed by atoms with van der Waals surface area (Å²) in [4.78, 5) is 15.3. The van der Waals surface area contributed by atoms with E-state index in [2.05, 4.69) is 5.10 Å². The lowest BCUT2D eigenvalue weighted by molar-refractivity contribution is -0.114. The molecule has 0 aromatic heterocycles. The van der Waals surface area contributed by atoms with Gasteiger partial charge in [-0.1, -0.05) is 30.3 Å². The zero-order chi connectivity index (χ0) is 21.1. The molecule has 0 aliphatic carbocycles. The summed E-state index contributed by atoms with van der Waals surface area (Å²) in [6.45, 7) is 0. The average molecular weight is 397 g/mol. The number of rotatable bonds is 5. The molecule has 150 valence electrons. The number of benzene rings is 3. The molecule has 0 saturated carbocycles. The minimum absolute atomic E-state index is 0.149. The quantitative estimate of drug-likeness (QED) is 0.591. The number of carbonyl (C=O) groups excluding carboxylic acids is 1. The number of methoxy groups -OCH3 is 1. The van der Waals surface area contributed by atoms with Gasteiger partial charge in [-0.25, -0.2) is 0 Å². The maximum Gasteiger partial charge on any atom is 0.281 e. The lowest BCUT2D eigenvalue weighted by Gasteiger charge is -2.12. The second-order valence-electron chi connectivity index (χ2n) is 7.17. The Hall–Kier alpha value is -3.86. The second kappa shape index (κ2) is 8.25. The van der Waals surface area contributed by atoms with Gasteiger partial charge in [0.2, 0.25) is 0 Å². The summed E-state index contributed by atoms with van der Waals surface area (Å²) in [6, 6.07) is 25.1. The van der Waals surface area contributed by atoms with E-state index in [0.29, 0.717) is 11.3 Å². The number of amides is 1. The van der Waals surface area contributed by atoms with Crippen LogP contribution in [0.4, 0.5) is 11.4 Å². The van der Waals surface area contributed by atoms with Crippen molar-refractivity contribution in [3.05, 3.63) is 95.6 Å². The number of hydrazone groups is 1. The van der Waals surface area contributed by atoms with Gasteiger partial charge in [-0.3, -0.25) is 4.79 Å². The van der Waals surface area contributed by atoms with E-state index in [0.717, 1.165) is 28.3 Å². The van der Waals surface area contributed by atoms with Crippen molar-refractivity contribution >= 4 is 29.1 Å². The number of nitrogens with zero attached hydrogens (tertiary/aromatic N) is 3. The summed E-state index contributed by atoms with van der Waals surface area (Å²) in [5, 5.41) is 6.13. The lowest BCUT2D eigenvalue weighted by Crippen LogP contribution is -2.21. The van der Waals surface area contributed by atoms with Crippen LogP contribution in [0.1, 0.15) is 11.1 Å². The van der Waals surface area contributed by atoms with Crippen molar-refractivity contribution in [2.45, 2.75) is 0 Å². The maximum absolute atomic E-state index is 13.3. The molecule has 1 aliphatic rings. The van der Waals surface area contributed by atoms with Crippen LogP contribution in [0.5, 0.6) is 5.75 Å². The molecule has 1 amide bonds. The van der Waals surface area contributed by atoms with Crippen LogP contribution >= 0.6 is 0 Å². The first-order valence-corrected chi connectivity index (χ1v) is 9.69. The summed E-state index contributed by atoms with van der Waals surface area (Å²) >= 11 is 0. The molecule has 5 heteroatoms. The molecule has 0 fully saturated rings. The molecule has 4 rings (SSSR count). The highest BCUT2D eigenvalue weighted by molar-refractivity contribution is 6.37. The van der Waals surface area contributed by atoms with E-state index in [4.69, 9.17) is 4.74 Å². The Bertz CT molecular complexity index is 1100. The largest absolute Gasteiger partial charge is 0.497 e. The minimum Gasteiger partial charge on any atom is -0.497 e. The van der Waals surface area contributed by atoms with Crippen molar-refractivity contribution in [2.75, 3.05) is 31.1 Å². The topological polar surface area (TPSA) is 45.1 Å². The molecular formula is C25H23N3O2. The number of anilines is 2. The van der Waals surface area contributed by atoms with Crippen LogP contribution in [0.3, 0.4) is 0 Å². The monoisotopic (exact) mass is 397 g/mol. The molecule has 30 heavy (non-hydrogen) atoms. The van der Waals surface area contributed by atoms with Crippen LogP contribution < -0.4 is 14.6 Å². The average Bonchev–Trinajstić information content (AvgIpc) is 3.11. The standard InChI is InChI=1S/C25H23N3O2/c1-27(2)20-13-9-18(10-14-20)17-23-24(19-11-15-22(30-3)16-12-19)26-28(25(23)29)21-7-5-4-6-8-21/h4-17H,1-3H3. The fraction of sp³-hybridized carbons (Fsp3) is 0.120. The van der Waals surface area contributed by atoms with Gasteiger partial charge in [0.25, 0.3) is 5.91 Å². The second-order valence-corrected chi connectivity index (χ2v) is 7.17. The van der Waals surface area contributed by atoms with E-state index in [-0.39, 0.29) is 5.91 Å². The molecule has 5 nitrogen and oxygen atoms in total. The van der Waals surface area contributed by atoms with Crippen molar-refractivity contribution < 1.29 is 9.53 Å². The van der Waals surface area contributed by atoms with Crippen molar-refractivity contribution in [1.82, 2.24) is 0 Å². The first kappa shape index (κ1) is 19.5. The third kappa shape index (κ3) is 3.82. The first-order valence-electron chi connectivity index (χ1n) is 9.69. The van der Waals surface area contributed by atoms with Crippen molar-refractivity contribution in [3.63, 3.8) is 0 Å². The van der Waals surface area contributed by atoms with Gasteiger partial charge in [-0.2, -0.15) is 10.1 Å². The zero-order valence-corrected chi connectivity index (χ0v) is 17.2. The molecule has 1 heterocycles. The predicted molar refractivity (Wildman–Crippen MR) is 122 cm³/mol. The van der Waals surface area contributed by atoms with E-state index >= 15 is 0 Å². The van der Waals surface area contributed by atoms with Crippen LogP contribution in [0.25, 0.3) is 6.08 Å². The summed E-state index contributed by atoms with van der Waals surface area (Å²) in [5.41, 5.74) is 4.84. The Kier molecular flexibility index (Phi) is 5.35. The fourth-order valence-electron chi connectivity index (χ4n) is 3.29. The molecule has 0 atom stereocenters. The van der Waals surface area contributed by atoms with Gasteiger partial charge in [-0.05, 0) is 60.2 Å². The smallest absolute Gasteiger partial charge is 0.281 e. The van der Waals surface area contributed by atoms with Gasteiger partial charge in [0, 0.05) is 25.3 Å². The van der Waals surface area contributed by atoms with Gasteiger partial charge in [0.15, 0.2) is 0 Å². The number of ether oxygens (including phenoxy) is 1. The Morgan fingerprint density at radius 3 is 2.17 bits per heavy atom. The lowest BCUT2D eigenvalue weighted by atomic mass is 10.00.